The highest BCUT2D eigenvalue weighted by Crippen LogP contribution is 2.54. The molecular weight excluding hydrogens is 440 g/mol. The van der Waals surface area contributed by atoms with Crippen molar-refractivity contribution in [2.45, 2.75) is 51.6 Å². The molecule has 6 heteroatoms. The summed E-state index contributed by atoms with van der Waals surface area (Å²) in [5.74, 6) is 0.747. The average Bonchev–Trinajstić information content (AvgIpc) is 2.84. The Labute approximate surface area is 212 Å². The number of allylic oxidation sites excluding steroid dienone is 1. The third-order valence-electron chi connectivity index (χ3n) is 8.27. The van der Waals surface area contributed by atoms with Gasteiger partial charge in [-0.15, -0.1) is 0 Å². The van der Waals surface area contributed by atoms with Crippen molar-refractivity contribution in [3.8, 4) is 0 Å². The van der Waals surface area contributed by atoms with Gasteiger partial charge in [0.15, 0.2) is 0 Å². The Morgan fingerprint density at radius 3 is 2.37 bits per heavy atom. The molecule has 6 nitrogen and oxygen atoms in total. The number of methoxy groups -OCH3 is 2. The van der Waals surface area contributed by atoms with Gasteiger partial charge in [-0.05, 0) is 76.6 Å². The van der Waals surface area contributed by atoms with E-state index in [1.165, 1.54) is 23.1 Å². The summed E-state index contributed by atoms with van der Waals surface area (Å²) >= 11 is 0. The van der Waals surface area contributed by atoms with Crippen LogP contribution in [0.2, 0.25) is 0 Å². The molecule has 0 saturated heterocycles. The molecule has 3 atom stereocenters. The lowest BCUT2D eigenvalue weighted by atomic mass is 9.57. The van der Waals surface area contributed by atoms with Gasteiger partial charge in [0, 0.05) is 40.3 Å². The van der Waals surface area contributed by atoms with Gasteiger partial charge in [-0.3, -0.25) is 4.79 Å². The molecule has 1 aromatic carbocycles. The lowest BCUT2D eigenvalue weighted by Crippen LogP contribution is -2.49. The van der Waals surface area contributed by atoms with E-state index in [9.17, 15) is 9.90 Å². The van der Waals surface area contributed by atoms with Gasteiger partial charge < -0.3 is 24.4 Å². The molecule has 0 aromatic heterocycles. The minimum absolute atomic E-state index is 0.0481. The third-order valence-corrected chi connectivity index (χ3v) is 8.27. The SMILES string of the molecule is COCC(C)(COC)C(=O)N(C)CCCN(C)CC[C@]1(O)C[C@H]2CC[C@@H]1C(c1ccccc1)=C2C. The molecule has 3 aliphatic rings. The lowest BCUT2D eigenvalue weighted by Gasteiger charge is -2.51. The number of aliphatic hydroxyl groups is 1. The Morgan fingerprint density at radius 2 is 1.74 bits per heavy atom. The van der Waals surface area contributed by atoms with E-state index in [0.717, 1.165) is 38.8 Å². The summed E-state index contributed by atoms with van der Waals surface area (Å²) in [6, 6.07) is 10.6. The van der Waals surface area contributed by atoms with Crippen molar-refractivity contribution in [2.24, 2.45) is 17.3 Å². The van der Waals surface area contributed by atoms with Crippen molar-refractivity contribution in [3.05, 3.63) is 41.5 Å². The Kier molecular flexibility index (Phi) is 9.55. The first-order valence-electron chi connectivity index (χ1n) is 13.1. The summed E-state index contributed by atoms with van der Waals surface area (Å²) in [5, 5.41) is 11.8. The zero-order valence-electron chi connectivity index (χ0n) is 22.7. The first kappa shape index (κ1) is 27.9. The fraction of sp³-hybridized carbons (Fsp3) is 0.690. The number of nitrogens with zero attached hydrogens (tertiary/aromatic N) is 2. The first-order chi connectivity index (χ1) is 16.6. The van der Waals surface area contributed by atoms with E-state index in [0.29, 0.717) is 25.7 Å². The highest BCUT2D eigenvalue weighted by Gasteiger charge is 2.49. The molecule has 2 bridgehead atoms. The van der Waals surface area contributed by atoms with Gasteiger partial charge in [0.1, 0.15) is 0 Å². The van der Waals surface area contributed by atoms with E-state index in [4.69, 9.17) is 9.47 Å². The fourth-order valence-corrected chi connectivity index (χ4v) is 6.35. The number of rotatable bonds is 13. The summed E-state index contributed by atoms with van der Waals surface area (Å²) in [4.78, 5) is 17.0. The maximum absolute atomic E-state index is 13.0. The van der Waals surface area contributed by atoms with Crippen molar-refractivity contribution >= 4 is 11.5 Å². The molecule has 1 N–H and O–H groups in total. The molecule has 1 fully saturated rings. The Balaban J connectivity index is 1.52. The minimum Gasteiger partial charge on any atom is -0.389 e. The van der Waals surface area contributed by atoms with Crippen LogP contribution in [0.25, 0.3) is 5.57 Å². The molecule has 4 rings (SSSR count). The molecule has 0 spiro atoms. The standard InChI is InChI=1S/C29H46N2O4/c1-22-24-13-14-25(26(22)23-11-8-7-9-12-23)29(33,19-24)15-18-30(3)16-10-17-31(4)27(32)28(2,20-34-5)21-35-6/h7-9,11-12,24-25,33H,10,13-21H2,1-6H3/t24-,25-,29+/m1/s1. The predicted molar refractivity (Wildman–Crippen MR) is 141 cm³/mol. The summed E-state index contributed by atoms with van der Waals surface area (Å²) in [6.07, 6.45) is 4.80. The molecule has 0 unspecified atom stereocenters. The molecule has 1 saturated carbocycles. The third kappa shape index (κ3) is 6.34. The van der Waals surface area contributed by atoms with Crippen LogP contribution in [-0.4, -0.2) is 87.6 Å². The van der Waals surface area contributed by atoms with Crippen LogP contribution in [0.4, 0.5) is 0 Å². The average molecular weight is 487 g/mol. The van der Waals surface area contributed by atoms with Gasteiger partial charge in [0.05, 0.1) is 24.2 Å². The molecule has 196 valence electrons. The van der Waals surface area contributed by atoms with E-state index in [2.05, 4.69) is 49.2 Å². The predicted octanol–water partition coefficient (Wildman–Crippen LogP) is 4.09. The van der Waals surface area contributed by atoms with E-state index in [-0.39, 0.29) is 11.8 Å². The summed E-state index contributed by atoms with van der Waals surface area (Å²) in [6.45, 7) is 7.25. The minimum atomic E-state index is -0.671. The van der Waals surface area contributed by atoms with Crippen LogP contribution in [0.5, 0.6) is 0 Å². The fourth-order valence-electron chi connectivity index (χ4n) is 6.35. The van der Waals surface area contributed by atoms with Crippen LogP contribution in [0.15, 0.2) is 35.9 Å². The monoisotopic (exact) mass is 486 g/mol. The number of benzene rings is 1. The molecule has 1 amide bonds. The zero-order chi connectivity index (χ0) is 25.6. The maximum Gasteiger partial charge on any atom is 0.232 e. The van der Waals surface area contributed by atoms with Crippen LogP contribution >= 0.6 is 0 Å². The Morgan fingerprint density at radius 1 is 1.09 bits per heavy atom. The van der Waals surface area contributed by atoms with Gasteiger partial charge in [-0.2, -0.15) is 0 Å². The van der Waals surface area contributed by atoms with Crippen LogP contribution in [0, 0.1) is 17.3 Å². The van der Waals surface area contributed by atoms with E-state index >= 15 is 0 Å². The van der Waals surface area contributed by atoms with Crippen LogP contribution in [0.1, 0.15) is 51.5 Å². The quantitative estimate of drug-likeness (QED) is 0.455. The molecule has 0 aliphatic heterocycles. The topological polar surface area (TPSA) is 62.2 Å². The van der Waals surface area contributed by atoms with E-state index in [1.807, 2.05) is 14.0 Å². The van der Waals surface area contributed by atoms with Crippen LogP contribution in [-0.2, 0) is 14.3 Å². The second-order valence-corrected chi connectivity index (χ2v) is 11.2. The first-order valence-corrected chi connectivity index (χ1v) is 13.1. The van der Waals surface area contributed by atoms with Crippen molar-refractivity contribution in [1.29, 1.82) is 0 Å². The molecule has 3 aliphatic carbocycles. The van der Waals surface area contributed by atoms with Gasteiger partial charge in [-0.25, -0.2) is 0 Å². The number of ether oxygens (including phenoxy) is 2. The van der Waals surface area contributed by atoms with Crippen LogP contribution < -0.4 is 0 Å². The molecular formula is C29H46N2O4. The summed E-state index contributed by atoms with van der Waals surface area (Å²) in [5.41, 5.74) is 2.82. The normalized spacial score (nSPS) is 24.3. The van der Waals surface area contributed by atoms with Crippen molar-refractivity contribution in [2.75, 3.05) is 61.2 Å². The highest BCUT2D eigenvalue weighted by molar-refractivity contribution is 5.82. The van der Waals surface area contributed by atoms with Gasteiger partial charge in [-0.1, -0.05) is 35.9 Å². The van der Waals surface area contributed by atoms with Crippen molar-refractivity contribution < 1.29 is 19.4 Å². The summed E-state index contributed by atoms with van der Waals surface area (Å²) < 4.78 is 10.5. The largest absolute Gasteiger partial charge is 0.389 e. The van der Waals surface area contributed by atoms with Gasteiger partial charge in [0.25, 0.3) is 0 Å². The smallest absolute Gasteiger partial charge is 0.232 e. The van der Waals surface area contributed by atoms with Crippen molar-refractivity contribution in [3.63, 3.8) is 0 Å². The maximum atomic E-state index is 13.0. The van der Waals surface area contributed by atoms with E-state index in [1.54, 1.807) is 19.1 Å². The molecule has 0 radical (unpaired) electrons. The van der Waals surface area contributed by atoms with Gasteiger partial charge >= 0.3 is 0 Å². The van der Waals surface area contributed by atoms with Crippen LogP contribution in [0.3, 0.4) is 0 Å². The molecule has 0 heterocycles. The van der Waals surface area contributed by atoms with Gasteiger partial charge in [0.2, 0.25) is 5.91 Å². The molecule has 1 aromatic rings. The zero-order valence-corrected chi connectivity index (χ0v) is 22.7. The van der Waals surface area contributed by atoms with E-state index < -0.39 is 11.0 Å². The number of carbonyl (C=O) groups is 1. The molecule has 35 heavy (non-hydrogen) atoms. The number of fused-ring (bicyclic) bond motifs is 2. The second kappa shape index (κ2) is 12.0. The Bertz CT molecular complexity index is 865. The summed E-state index contributed by atoms with van der Waals surface area (Å²) in [7, 11) is 7.20. The number of amides is 1. The number of carbonyl (C=O) groups excluding carboxylic acids is 1. The Hall–Kier alpha value is -1.73. The lowest BCUT2D eigenvalue weighted by molar-refractivity contribution is -0.146. The number of hydrogen-bond donors (Lipinski definition) is 1. The highest BCUT2D eigenvalue weighted by atomic mass is 16.5. The number of hydrogen-bond acceptors (Lipinski definition) is 5. The second-order valence-electron chi connectivity index (χ2n) is 11.2. The van der Waals surface area contributed by atoms with Crippen molar-refractivity contribution in [1.82, 2.24) is 9.80 Å².